The summed E-state index contributed by atoms with van der Waals surface area (Å²) >= 11 is 6.14. The molecule has 0 aliphatic heterocycles. The van der Waals surface area contributed by atoms with Gasteiger partial charge in [0, 0.05) is 10.4 Å². The van der Waals surface area contributed by atoms with E-state index in [1.54, 1.807) is 12.1 Å². The number of ether oxygens (including phenoxy) is 2. The van der Waals surface area contributed by atoms with Gasteiger partial charge in [0.05, 0.1) is 6.61 Å². The Morgan fingerprint density at radius 3 is 2.25 bits per heavy atom. The number of amides is 2. The van der Waals surface area contributed by atoms with Crippen LogP contribution in [0.4, 0.5) is 0 Å². The van der Waals surface area contributed by atoms with E-state index in [1.807, 2.05) is 59.7 Å². The predicted molar refractivity (Wildman–Crippen MR) is 127 cm³/mol. The molecule has 6 nitrogen and oxygen atoms in total. The number of halogens is 1. The third-order valence-electron chi connectivity index (χ3n) is 5.26. The predicted octanol–water partition coefficient (Wildman–Crippen LogP) is 4.99. The maximum absolute atomic E-state index is 12.5. The van der Waals surface area contributed by atoms with E-state index in [1.165, 1.54) is 0 Å². The highest BCUT2D eigenvalue weighted by Gasteiger charge is 2.27. The fourth-order valence-corrected chi connectivity index (χ4v) is 3.25. The SMILES string of the molecule is Cc1ccc(C)c(OCCCC(C)(C)C(=O)NNC(=O)COc2cc(C)c(Cl)c(C)c2)c1. The lowest BCUT2D eigenvalue weighted by atomic mass is 9.87. The quantitative estimate of drug-likeness (QED) is 0.408. The summed E-state index contributed by atoms with van der Waals surface area (Å²) < 4.78 is 11.4. The Labute approximate surface area is 195 Å². The molecule has 0 aliphatic rings. The van der Waals surface area contributed by atoms with Crippen molar-refractivity contribution in [2.24, 2.45) is 5.41 Å². The zero-order valence-corrected chi connectivity index (χ0v) is 20.5. The first kappa shape index (κ1) is 25.5. The van der Waals surface area contributed by atoms with Crippen molar-refractivity contribution in [3.63, 3.8) is 0 Å². The minimum atomic E-state index is -0.663. The topological polar surface area (TPSA) is 76.7 Å². The van der Waals surface area contributed by atoms with Crippen LogP contribution >= 0.6 is 11.6 Å². The Hall–Kier alpha value is -2.73. The first-order valence-corrected chi connectivity index (χ1v) is 11.1. The summed E-state index contributed by atoms with van der Waals surface area (Å²) in [5.41, 5.74) is 8.21. The molecule has 0 heterocycles. The van der Waals surface area contributed by atoms with Crippen LogP contribution in [0.2, 0.25) is 5.02 Å². The summed E-state index contributed by atoms with van der Waals surface area (Å²) in [6.07, 6.45) is 1.32. The van der Waals surface area contributed by atoms with E-state index in [0.29, 0.717) is 30.2 Å². The lowest BCUT2D eigenvalue weighted by Crippen LogP contribution is -2.48. The standard InChI is InChI=1S/C25H33ClN2O4/c1-16-8-9-17(2)21(12-16)31-11-7-10-25(5,6)24(30)28-27-22(29)15-32-20-13-18(3)23(26)19(4)14-20/h8-9,12-14H,7,10-11,15H2,1-6H3,(H,27,29)(H,28,30). The van der Waals surface area contributed by atoms with Crippen molar-refractivity contribution < 1.29 is 19.1 Å². The van der Waals surface area contributed by atoms with Crippen molar-refractivity contribution in [1.29, 1.82) is 0 Å². The second-order valence-electron chi connectivity index (χ2n) is 8.77. The Kier molecular flexibility index (Phi) is 8.96. The molecule has 7 heteroatoms. The second kappa shape index (κ2) is 11.2. The molecule has 0 saturated heterocycles. The smallest absolute Gasteiger partial charge is 0.276 e. The zero-order chi connectivity index (χ0) is 23.9. The van der Waals surface area contributed by atoms with Gasteiger partial charge in [-0.2, -0.15) is 0 Å². The molecular formula is C25H33ClN2O4. The third kappa shape index (κ3) is 7.45. The van der Waals surface area contributed by atoms with Gasteiger partial charge in [-0.1, -0.05) is 37.6 Å². The lowest BCUT2D eigenvalue weighted by molar-refractivity contribution is -0.135. The summed E-state index contributed by atoms with van der Waals surface area (Å²) in [6, 6.07) is 9.63. The summed E-state index contributed by atoms with van der Waals surface area (Å²) in [7, 11) is 0. The number of carbonyl (C=O) groups is 2. The van der Waals surface area contributed by atoms with Gasteiger partial charge in [0.15, 0.2) is 6.61 Å². The minimum Gasteiger partial charge on any atom is -0.493 e. The molecule has 0 unspecified atom stereocenters. The van der Waals surface area contributed by atoms with E-state index in [4.69, 9.17) is 21.1 Å². The molecule has 2 N–H and O–H groups in total. The van der Waals surface area contributed by atoms with Gasteiger partial charge in [0.1, 0.15) is 11.5 Å². The summed E-state index contributed by atoms with van der Waals surface area (Å²) in [6.45, 7) is 11.7. The Balaban J connectivity index is 1.73. The van der Waals surface area contributed by atoms with Crippen LogP contribution in [0, 0.1) is 33.1 Å². The lowest BCUT2D eigenvalue weighted by Gasteiger charge is -2.23. The largest absolute Gasteiger partial charge is 0.493 e. The van der Waals surface area contributed by atoms with Gasteiger partial charge in [-0.3, -0.25) is 20.4 Å². The molecule has 0 fully saturated rings. The average Bonchev–Trinajstić information content (AvgIpc) is 2.73. The molecule has 0 bridgehead atoms. The van der Waals surface area contributed by atoms with Crippen molar-refractivity contribution in [2.75, 3.05) is 13.2 Å². The monoisotopic (exact) mass is 460 g/mol. The van der Waals surface area contributed by atoms with Gasteiger partial charge >= 0.3 is 0 Å². The van der Waals surface area contributed by atoms with Crippen molar-refractivity contribution in [3.05, 3.63) is 57.6 Å². The molecule has 0 spiro atoms. The molecular weight excluding hydrogens is 428 g/mol. The van der Waals surface area contributed by atoms with Crippen molar-refractivity contribution in [3.8, 4) is 11.5 Å². The summed E-state index contributed by atoms with van der Waals surface area (Å²) in [4.78, 5) is 24.6. The van der Waals surface area contributed by atoms with Gasteiger partial charge in [-0.25, -0.2) is 0 Å². The molecule has 0 radical (unpaired) electrons. The highest BCUT2D eigenvalue weighted by atomic mass is 35.5. The van der Waals surface area contributed by atoms with E-state index >= 15 is 0 Å². The second-order valence-corrected chi connectivity index (χ2v) is 9.14. The maximum atomic E-state index is 12.5. The Morgan fingerprint density at radius 1 is 0.938 bits per heavy atom. The highest BCUT2D eigenvalue weighted by molar-refractivity contribution is 6.32. The van der Waals surface area contributed by atoms with Crippen LogP contribution in [-0.2, 0) is 9.59 Å². The normalized spacial score (nSPS) is 11.1. The van der Waals surface area contributed by atoms with Crippen LogP contribution in [0.5, 0.6) is 11.5 Å². The van der Waals surface area contributed by atoms with Gasteiger partial charge < -0.3 is 9.47 Å². The third-order valence-corrected chi connectivity index (χ3v) is 5.85. The number of carbonyl (C=O) groups excluding carboxylic acids is 2. The molecule has 2 rings (SSSR count). The molecule has 32 heavy (non-hydrogen) atoms. The van der Waals surface area contributed by atoms with Gasteiger partial charge in [-0.15, -0.1) is 0 Å². The molecule has 2 aromatic carbocycles. The van der Waals surface area contributed by atoms with Gasteiger partial charge in [0.25, 0.3) is 5.91 Å². The van der Waals surface area contributed by atoms with E-state index < -0.39 is 11.3 Å². The molecule has 2 amide bonds. The maximum Gasteiger partial charge on any atom is 0.276 e. The Morgan fingerprint density at radius 2 is 1.59 bits per heavy atom. The van der Waals surface area contributed by atoms with E-state index in [9.17, 15) is 9.59 Å². The Bertz CT molecular complexity index is 949. The average molecular weight is 461 g/mol. The van der Waals surface area contributed by atoms with Crippen molar-refractivity contribution >= 4 is 23.4 Å². The van der Waals surface area contributed by atoms with Crippen LogP contribution in [0.3, 0.4) is 0 Å². The number of hydrazine groups is 1. The van der Waals surface area contributed by atoms with E-state index in [-0.39, 0.29) is 12.5 Å². The van der Waals surface area contributed by atoms with Crippen molar-refractivity contribution in [2.45, 2.75) is 54.4 Å². The fourth-order valence-electron chi connectivity index (χ4n) is 3.14. The van der Waals surface area contributed by atoms with E-state index in [0.717, 1.165) is 28.0 Å². The highest BCUT2D eigenvalue weighted by Crippen LogP contribution is 2.26. The number of aryl methyl sites for hydroxylation is 4. The van der Waals surface area contributed by atoms with Crippen LogP contribution in [0.25, 0.3) is 0 Å². The van der Waals surface area contributed by atoms with E-state index in [2.05, 4.69) is 10.9 Å². The first-order chi connectivity index (χ1) is 15.0. The van der Waals surface area contributed by atoms with Gasteiger partial charge in [-0.05, 0) is 81.0 Å². The number of benzene rings is 2. The molecule has 0 saturated carbocycles. The number of nitrogens with one attached hydrogen (secondary N) is 2. The number of rotatable bonds is 9. The zero-order valence-electron chi connectivity index (χ0n) is 19.7. The van der Waals surface area contributed by atoms with Crippen molar-refractivity contribution in [1.82, 2.24) is 10.9 Å². The molecule has 0 atom stereocenters. The number of hydrogen-bond donors (Lipinski definition) is 2. The van der Waals surface area contributed by atoms with Crippen LogP contribution in [0.15, 0.2) is 30.3 Å². The van der Waals surface area contributed by atoms with Crippen LogP contribution in [-0.4, -0.2) is 25.0 Å². The first-order valence-electron chi connectivity index (χ1n) is 10.7. The summed E-state index contributed by atoms with van der Waals surface area (Å²) in [5, 5.41) is 0.677. The van der Waals surface area contributed by atoms with Crippen LogP contribution < -0.4 is 20.3 Å². The van der Waals surface area contributed by atoms with Gasteiger partial charge in [0.2, 0.25) is 5.91 Å². The molecule has 174 valence electrons. The molecule has 2 aromatic rings. The minimum absolute atomic E-state index is 0.217. The van der Waals surface area contributed by atoms with Crippen LogP contribution in [0.1, 0.15) is 48.9 Å². The molecule has 0 aromatic heterocycles. The summed E-state index contributed by atoms with van der Waals surface area (Å²) in [5.74, 6) is 0.703. The molecule has 0 aliphatic carbocycles. The fraction of sp³-hybridized carbons (Fsp3) is 0.440. The number of hydrogen-bond acceptors (Lipinski definition) is 4.